The molecule has 0 unspecified atom stereocenters. The van der Waals surface area contributed by atoms with Crippen LogP contribution in [0.1, 0.15) is 35.5 Å². The fourth-order valence-electron chi connectivity index (χ4n) is 2.19. The molecule has 2 rings (SSSR count). The van der Waals surface area contributed by atoms with Crippen molar-refractivity contribution < 1.29 is 28.3 Å². The molecular formula is C18H19N3O6. The summed E-state index contributed by atoms with van der Waals surface area (Å²) >= 11 is 0. The SMILES string of the molecule is CC(=O)N[C@@H](CC(=O)OCC(=O)NNC(=O)c1ccco1)c1ccccc1. The summed E-state index contributed by atoms with van der Waals surface area (Å²) in [4.78, 5) is 46.6. The molecule has 0 aliphatic rings. The highest BCUT2D eigenvalue weighted by Gasteiger charge is 2.19. The van der Waals surface area contributed by atoms with Gasteiger partial charge in [0.1, 0.15) is 0 Å². The predicted octanol–water partition coefficient (Wildman–Crippen LogP) is 0.851. The minimum Gasteiger partial charge on any atom is -0.459 e. The quantitative estimate of drug-likeness (QED) is 0.488. The van der Waals surface area contributed by atoms with Gasteiger partial charge in [-0.05, 0) is 17.7 Å². The molecule has 27 heavy (non-hydrogen) atoms. The second-order valence-electron chi connectivity index (χ2n) is 5.51. The molecule has 142 valence electrons. The number of esters is 1. The number of ether oxygens (including phenoxy) is 1. The maximum Gasteiger partial charge on any atom is 0.308 e. The lowest BCUT2D eigenvalue weighted by atomic mass is 10.0. The second kappa shape index (κ2) is 9.76. The van der Waals surface area contributed by atoms with E-state index < -0.39 is 30.4 Å². The summed E-state index contributed by atoms with van der Waals surface area (Å²) in [7, 11) is 0. The third kappa shape index (κ3) is 6.65. The van der Waals surface area contributed by atoms with Gasteiger partial charge < -0.3 is 14.5 Å². The Morgan fingerprint density at radius 1 is 1.04 bits per heavy atom. The van der Waals surface area contributed by atoms with Crippen molar-refractivity contribution in [1.82, 2.24) is 16.2 Å². The van der Waals surface area contributed by atoms with E-state index in [4.69, 9.17) is 9.15 Å². The van der Waals surface area contributed by atoms with Crippen LogP contribution in [0.25, 0.3) is 0 Å². The van der Waals surface area contributed by atoms with Crippen molar-refractivity contribution in [2.75, 3.05) is 6.61 Å². The van der Waals surface area contributed by atoms with Gasteiger partial charge in [-0.2, -0.15) is 0 Å². The third-order valence-corrected chi connectivity index (χ3v) is 3.37. The van der Waals surface area contributed by atoms with E-state index in [2.05, 4.69) is 16.2 Å². The normalized spacial score (nSPS) is 11.1. The first-order valence-electron chi connectivity index (χ1n) is 8.06. The van der Waals surface area contributed by atoms with Crippen molar-refractivity contribution >= 4 is 23.7 Å². The summed E-state index contributed by atoms with van der Waals surface area (Å²) in [6.45, 7) is 0.759. The van der Waals surface area contributed by atoms with Crippen molar-refractivity contribution in [1.29, 1.82) is 0 Å². The van der Waals surface area contributed by atoms with Gasteiger partial charge in [0.2, 0.25) is 5.91 Å². The Kier molecular flexibility index (Phi) is 7.12. The molecule has 0 aliphatic heterocycles. The van der Waals surface area contributed by atoms with Gasteiger partial charge in [-0.3, -0.25) is 30.0 Å². The second-order valence-corrected chi connectivity index (χ2v) is 5.51. The topological polar surface area (TPSA) is 127 Å². The number of carbonyl (C=O) groups is 4. The predicted molar refractivity (Wildman–Crippen MR) is 92.9 cm³/mol. The van der Waals surface area contributed by atoms with Crippen molar-refractivity contribution in [3.05, 3.63) is 60.1 Å². The highest BCUT2D eigenvalue weighted by molar-refractivity contribution is 5.93. The average molecular weight is 373 g/mol. The number of carbonyl (C=O) groups excluding carboxylic acids is 4. The van der Waals surface area contributed by atoms with Crippen LogP contribution in [-0.2, 0) is 19.1 Å². The zero-order chi connectivity index (χ0) is 19.6. The Labute approximate surface area is 155 Å². The molecule has 1 atom stereocenters. The molecule has 0 spiro atoms. The van der Waals surface area contributed by atoms with E-state index in [0.29, 0.717) is 0 Å². The molecular weight excluding hydrogens is 354 g/mol. The van der Waals surface area contributed by atoms with Crippen LogP contribution in [0.2, 0.25) is 0 Å². The van der Waals surface area contributed by atoms with Crippen LogP contribution in [0.5, 0.6) is 0 Å². The first-order valence-corrected chi connectivity index (χ1v) is 8.06. The molecule has 2 aromatic rings. The monoisotopic (exact) mass is 373 g/mol. The molecule has 9 nitrogen and oxygen atoms in total. The van der Waals surface area contributed by atoms with Gasteiger partial charge >= 0.3 is 11.9 Å². The van der Waals surface area contributed by atoms with E-state index >= 15 is 0 Å². The number of furan rings is 1. The van der Waals surface area contributed by atoms with Gasteiger partial charge in [0, 0.05) is 6.92 Å². The molecule has 1 aromatic heterocycles. The molecule has 0 bridgehead atoms. The maximum atomic E-state index is 12.0. The van der Waals surface area contributed by atoms with Crippen LogP contribution in [0.4, 0.5) is 0 Å². The molecule has 0 fully saturated rings. The van der Waals surface area contributed by atoms with E-state index in [-0.39, 0.29) is 18.1 Å². The molecule has 0 saturated heterocycles. The largest absolute Gasteiger partial charge is 0.459 e. The number of hydrazine groups is 1. The summed E-state index contributed by atoms with van der Waals surface area (Å²) < 4.78 is 9.74. The number of rotatable bonds is 7. The van der Waals surface area contributed by atoms with Crippen molar-refractivity contribution in [2.45, 2.75) is 19.4 Å². The van der Waals surface area contributed by atoms with Crippen LogP contribution in [-0.4, -0.2) is 30.3 Å². The number of hydrogen-bond acceptors (Lipinski definition) is 6. The van der Waals surface area contributed by atoms with Gasteiger partial charge in [-0.25, -0.2) is 0 Å². The molecule has 0 aliphatic carbocycles. The minimum atomic E-state index is -0.723. The van der Waals surface area contributed by atoms with Crippen molar-refractivity contribution in [3.8, 4) is 0 Å². The average Bonchev–Trinajstić information content (AvgIpc) is 3.19. The first kappa shape index (κ1) is 19.7. The lowest BCUT2D eigenvalue weighted by Crippen LogP contribution is -2.43. The minimum absolute atomic E-state index is 0.0216. The van der Waals surface area contributed by atoms with Crippen LogP contribution in [0.3, 0.4) is 0 Å². The summed E-state index contributed by atoms with van der Waals surface area (Å²) in [5.41, 5.74) is 4.95. The van der Waals surface area contributed by atoms with E-state index in [1.807, 2.05) is 6.07 Å². The van der Waals surface area contributed by atoms with Gasteiger partial charge in [-0.1, -0.05) is 30.3 Å². The number of benzene rings is 1. The smallest absolute Gasteiger partial charge is 0.308 e. The molecule has 0 saturated carbocycles. The summed E-state index contributed by atoms with van der Waals surface area (Å²) in [5.74, 6) is -2.32. The highest BCUT2D eigenvalue weighted by Crippen LogP contribution is 2.17. The fourth-order valence-corrected chi connectivity index (χ4v) is 2.19. The van der Waals surface area contributed by atoms with Gasteiger partial charge in [0.25, 0.3) is 5.91 Å². The summed E-state index contributed by atoms with van der Waals surface area (Å²) in [6, 6.07) is 11.3. The van der Waals surface area contributed by atoms with Gasteiger partial charge in [0.15, 0.2) is 12.4 Å². The van der Waals surface area contributed by atoms with Crippen LogP contribution in [0, 0.1) is 0 Å². The van der Waals surface area contributed by atoms with Crippen LogP contribution < -0.4 is 16.2 Å². The van der Waals surface area contributed by atoms with Crippen LogP contribution >= 0.6 is 0 Å². The molecule has 9 heteroatoms. The Morgan fingerprint density at radius 2 is 1.78 bits per heavy atom. The zero-order valence-corrected chi connectivity index (χ0v) is 14.6. The van der Waals surface area contributed by atoms with E-state index in [0.717, 1.165) is 5.56 Å². The van der Waals surface area contributed by atoms with E-state index in [1.165, 1.54) is 25.3 Å². The van der Waals surface area contributed by atoms with Gasteiger partial charge in [-0.15, -0.1) is 0 Å². The molecule has 1 heterocycles. The standard InChI is InChI=1S/C18H19N3O6/c1-12(22)19-14(13-6-3-2-4-7-13)10-17(24)27-11-16(23)20-21-18(25)15-8-5-9-26-15/h2-9,14H,10-11H2,1H3,(H,19,22)(H,20,23)(H,21,25)/t14-/m0/s1. The Hall–Kier alpha value is -3.62. The maximum absolute atomic E-state index is 12.0. The highest BCUT2D eigenvalue weighted by atomic mass is 16.5. The third-order valence-electron chi connectivity index (χ3n) is 3.37. The lowest BCUT2D eigenvalue weighted by Gasteiger charge is -2.17. The number of hydrogen-bond donors (Lipinski definition) is 3. The zero-order valence-electron chi connectivity index (χ0n) is 14.6. The molecule has 1 aromatic carbocycles. The van der Waals surface area contributed by atoms with Gasteiger partial charge in [0.05, 0.1) is 18.7 Å². The number of nitrogens with one attached hydrogen (secondary N) is 3. The summed E-state index contributed by atoms with van der Waals surface area (Å²) in [6.07, 6.45) is 1.17. The fraction of sp³-hybridized carbons (Fsp3) is 0.222. The van der Waals surface area contributed by atoms with Crippen molar-refractivity contribution in [2.24, 2.45) is 0 Å². The Morgan fingerprint density at radius 3 is 2.41 bits per heavy atom. The van der Waals surface area contributed by atoms with Crippen molar-refractivity contribution in [3.63, 3.8) is 0 Å². The van der Waals surface area contributed by atoms with Crippen LogP contribution in [0.15, 0.2) is 53.1 Å². The first-order chi connectivity index (χ1) is 13.0. The lowest BCUT2D eigenvalue weighted by molar-refractivity contribution is -0.149. The molecule has 0 radical (unpaired) electrons. The molecule has 3 amide bonds. The summed E-state index contributed by atoms with van der Waals surface area (Å²) in [5, 5.41) is 2.66. The molecule has 3 N–H and O–H groups in total. The van der Waals surface area contributed by atoms with E-state index in [1.54, 1.807) is 24.3 Å². The number of amides is 3. The van der Waals surface area contributed by atoms with E-state index in [9.17, 15) is 19.2 Å². The Balaban J connectivity index is 1.78. The Bertz CT molecular complexity index is 789.